The molecule has 29 heavy (non-hydrogen) atoms. The second-order valence-electron chi connectivity index (χ2n) is 7.75. The Labute approximate surface area is 172 Å². The van der Waals surface area contributed by atoms with Crippen LogP contribution in [0, 0.1) is 5.92 Å². The third-order valence-electron chi connectivity index (χ3n) is 5.45. The minimum Gasteiger partial charge on any atom is -0.493 e. The molecule has 1 fully saturated rings. The minimum atomic E-state index is -0.182. The molecule has 0 bridgehead atoms. The van der Waals surface area contributed by atoms with Gasteiger partial charge in [0.2, 0.25) is 11.7 Å². The van der Waals surface area contributed by atoms with Gasteiger partial charge in [0.05, 0.1) is 32.6 Å². The number of fused-ring (bicyclic) bond motifs is 1. The first kappa shape index (κ1) is 21.2. The highest BCUT2D eigenvalue weighted by molar-refractivity contribution is 5.95. The largest absolute Gasteiger partial charge is 0.493 e. The quantitative estimate of drug-likeness (QED) is 0.752. The molecule has 0 spiro atoms. The Kier molecular flexibility index (Phi) is 6.84. The molecule has 1 atom stereocenters. The van der Waals surface area contributed by atoms with Crippen LogP contribution in [0.4, 0.5) is 5.69 Å². The summed E-state index contributed by atoms with van der Waals surface area (Å²) in [5.41, 5.74) is 1.72. The van der Waals surface area contributed by atoms with E-state index in [2.05, 4.69) is 29.1 Å². The summed E-state index contributed by atoms with van der Waals surface area (Å²) in [5, 5.41) is 3.46. The number of carbonyl (C=O) groups excluding carboxylic acids is 1. The van der Waals surface area contributed by atoms with Gasteiger partial charge in [-0.2, -0.15) is 0 Å². The molecule has 0 aliphatic carbocycles. The molecule has 1 N–H and O–H groups in total. The second-order valence-corrected chi connectivity index (χ2v) is 7.75. The van der Waals surface area contributed by atoms with Crippen LogP contribution in [0.3, 0.4) is 0 Å². The van der Waals surface area contributed by atoms with Crippen molar-refractivity contribution >= 4 is 17.8 Å². The number of anilines is 1. The summed E-state index contributed by atoms with van der Waals surface area (Å²) in [6.07, 6.45) is 3.21. The molecule has 0 radical (unpaired) electrons. The topological polar surface area (TPSA) is 75.6 Å². The van der Waals surface area contributed by atoms with Crippen LogP contribution in [-0.2, 0) is 4.79 Å². The van der Waals surface area contributed by atoms with Crippen molar-refractivity contribution in [1.29, 1.82) is 0 Å². The van der Waals surface area contributed by atoms with Gasteiger partial charge in [-0.1, -0.05) is 13.8 Å². The van der Waals surface area contributed by atoms with E-state index in [9.17, 15) is 4.79 Å². The first-order valence-electron chi connectivity index (χ1n) is 10.1. The van der Waals surface area contributed by atoms with Crippen LogP contribution in [0.15, 0.2) is 11.1 Å². The first-order chi connectivity index (χ1) is 14.0. The van der Waals surface area contributed by atoms with Gasteiger partial charge >= 0.3 is 0 Å². The van der Waals surface area contributed by atoms with Crippen LogP contribution in [0.5, 0.6) is 17.2 Å². The zero-order valence-corrected chi connectivity index (χ0v) is 18.0. The number of rotatable bonds is 7. The Morgan fingerprint density at radius 3 is 2.41 bits per heavy atom. The monoisotopic (exact) mass is 404 g/mol. The van der Waals surface area contributed by atoms with Crippen LogP contribution >= 0.6 is 0 Å². The molecule has 0 aromatic heterocycles. The SMILES string of the molecule is COc1cc2c(c(OC)c1OC)C=NC(N1CCN(C(=O)CCC(C)C)CC1)N2. The lowest BCUT2D eigenvalue weighted by atomic mass is 10.1. The summed E-state index contributed by atoms with van der Waals surface area (Å²) < 4.78 is 16.5. The van der Waals surface area contributed by atoms with Gasteiger partial charge in [-0.05, 0) is 12.3 Å². The van der Waals surface area contributed by atoms with E-state index >= 15 is 0 Å². The van der Waals surface area contributed by atoms with E-state index in [-0.39, 0.29) is 12.2 Å². The summed E-state index contributed by atoms with van der Waals surface area (Å²) in [6.45, 7) is 7.31. The Bertz CT molecular complexity index is 758. The zero-order valence-electron chi connectivity index (χ0n) is 18.0. The second kappa shape index (κ2) is 9.35. The summed E-state index contributed by atoms with van der Waals surface area (Å²) in [5.74, 6) is 2.55. The Morgan fingerprint density at radius 2 is 1.83 bits per heavy atom. The van der Waals surface area contributed by atoms with E-state index < -0.39 is 0 Å². The maximum Gasteiger partial charge on any atom is 0.222 e. The van der Waals surface area contributed by atoms with Gasteiger partial charge in [0.25, 0.3) is 0 Å². The predicted octanol–water partition coefficient (Wildman–Crippen LogP) is 2.42. The average molecular weight is 405 g/mol. The maximum absolute atomic E-state index is 12.4. The van der Waals surface area contributed by atoms with Crippen molar-refractivity contribution in [3.63, 3.8) is 0 Å². The first-order valence-corrected chi connectivity index (χ1v) is 10.1. The molecule has 2 aliphatic rings. The number of nitrogens with one attached hydrogen (secondary N) is 1. The van der Waals surface area contributed by atoms with Gasteiger partial charge in [0.15, 0.2) is 17.8 Å². The standard InChI is InChI=1S/C21H32N4O4/c1-14(2)6-7-18(26)24-8-10-25(11-9-24)21-22-13-15-16(23-21)12-17(27-3)20(29-5)19(15)28-4/h12-14,21,23H,6-11H2,1-5H3. The normalized spacial score (nSPS) is 19.0. The number of ether oxygens (including phenoxy) is 3. The molecule has 1 saturated heterocycles. The van der Waals surface area contributed by atoms with Gasteiger partial charge in [-0.25, -0.2) is 0 Å². The Balaban J connectivity index is 1.66. The minimum absolute atomic E-state index is 0.182. The van der Waals surface area contributed by atoms with Gasteiger partial charge in [0, 0.05) is 44.9 Å². The summed E-state index contributed by atoms with van der Waals surface area (Å²) in [7, 11) is 4.80. The highest BCUT2D eigenvalue weighted by Gasteiger charge is 2.29. The van der Waals surface area contributed by atoms with E-state index in [1.807, 2.05) is 17.2 Å². The fourth-order valence-corrected chi connectivity index (χ4v) is 3.72. The molecular weight excluding hydrogens is 372 g/mol. The predicted molar refractivity (Wildman–Crippen MR) is 113 cm³/mol. The van der Waals surface area contributed by atoms with Crippen molar-refractivity contribution in [3.8, 4) is 17.2 Å². The van der Waals surface area contributed by atoms with E-state index in [0.717, 1.165) is 43.9 Å². The maximum atomic E-state index is 12.4. The number of methoxy groups -OCH3 is 3. The molecule has 2 heterocycles. The number of piperazine rings is 1. The van der Waals surface area contributed by atoms with Crippen LogP contribution in [-0.4, -0.2) is 75.7 Å². The molecule has 8 nitrogen and oxygen atoms in total. The average Bonchev–Trinajstić information content (AvgIpc) is 2.75. The van der Waals surface area contributed by atoms with Crippen LogP contribution < -0.4 is 19.5 Å². The third-order valence-corrected chi connectivity index (χ3v) is 5.45. The number of hydrogen-bond donors (Lipinski definition) is 1. The molecule has 1 amide bonds. The molecule has 160 valence electrons. The number of benzene rings is 1. The van der Waals surface area contributed by atoms with Crippen molar-refractivity contribution < 1.29 is 19.0 Å². The van der Waals surface area contributed by atoms with Gasteiger partial charge in [0.1, 0.15) is 0 Å². The van der Waals surface area contributed by atoms with E-state index in [1.165, 1.54) is 0 Å². The van der Waals surface area contributed by atoms with Crippen molar-refractivity contribution in [2.75, 3.05) is 52.8 Å². The van der Waals surface area contributed by atoms with E-state index in [1.54, 1.807) is 21.3 Å². The molecule has 1 aromatic carbocycles. The third kappa shape index (κ3) is 4.58. The number of hydrogen-bond acceptors (Lipinski definition) is 7. The number of carbonyl (C=O) groups is 1. The van der Waals surface area contributed by atoms with Gasteiger partial charge in [-0.15, -0.1) is 0 Å². The molecule has 3 rings (SSSR count). The lowest BCUT2D eigenvalue weighted by Gasteiger charge is -2.39. The van der Waals surface area contributed by atoms with Crippen LogP contribution in [0.2, 0.25) is 0 Å². The van der Waals surface area contributed by atoms with Crippen LogP contribution in [0.25, 0.3) is 0 Å². The Morgan fingerprint density at radius 1 is 1.14 bits per heavy atom. The highest BCUT2D eigenvalue weighted by atomic mass is 16.5. The van der Waals surface area contributed by atoms with E-state index in [4.69, 9.17) is 14.2 Å². The fourth-order valence-electron chi connectivity index (χ4n) is 3.72. The molecule has 1 aromatic rings. The number of nitrogens with zero attached hydrogens (tertiary/aromatic N) is 3. The van der Waals surface area contributed by atoms with Gasteiger partial charge < -0.3 is 24.4 Å². The highest BCUT2D eigenvalue weighted by Crippen LogP contribution is 2.44. The molecule has 2 aliphatic heterocycles. The number of aliphatic imine (C=N–C) groups is 1. The summed E-state index contributed by atoms with van der Waals surface area (Å²) >= 11 is 0. The van der Waals surface area contributed by atoms with Crippen LogP contribution in [0.1, 0.15) is 32.3 Å². The van der Waals surface area contributed by atoms with Gasteiger partial charge in [-0.3, -0.25) is 14.7 Å². The molecular formula is C21H32N4O4. The fraction of sp³-hybridized carbons (Fsp3) is 0.619. The molecule has 0 saturated carbocycles. The van der Waals surface area contributed by atoms with E-state index in [0.29, 0.717) is 29.6 Å². The van der Waals surface area contributed by atoms with Crippen molar-refractivity contribution in [3.05, 3.63) is 11.6 Å². The van der Waals surface area contributed by atoms with Crippen molar-refractivity contribution in [2.45, 2.75) is 33.0 Å². The lowest BCUT2D eigenvalue weighted by Crippen LogP contribution is -2.53. The molecule has 8 heteroatoms. The smallest absolute Gasteiger partial charge is 0.222 e. The summed E-state index contributed by atoms with van der Waals surface area (Å²) in [6, 6.07) is 1.90. The zero-order chi connectivity index (χ0) is 21.0. The van der Waals surface area contributed by atoms with Crippen molar-refractivity contribution in [1.82, 2.24) is 9.80 Å². The lowest BCUT2D eigenvalue weighted by molar-refractivity contribution is -0.133. The summed E-state index contributed by atoms with van der Waals surface area (Å²) in [4.78, 5) is 21.3. The molecule has 1 unspecified atom stereocenters. The Hall–Kier alpha value is -2.48. The number of amides is 1. The van der Waals surface area contributed by atoms with Crippen molar-refractivity contribution in [2.24, 2.45) is 10.9 Å².